The molecule has 6 heteroatoms. The lowest BCUT2D eigenvalue weighted by Gasteiger charge is -2.01. The number of carbonyl (C=O) groups excluding carboxylic acids is 1. The molecule has 21 heavy (non-hydrogen) atoms. The monoisotopic (exact) mass is 285 g/mol. The molecule has 0 amide bonds. The Balaban J connectivity index is 2.19. The van der Waals surface area contributed by atoms with Crippen LogP contribution >= 0.6 is 0 Å². The van der Waals surface area contributed by atoms with Gasteiger partial charge >= 0.3 is 5.97 Å². The highest BCUT2D eigenvalue weighted by Crippen LogP contribution is 2.20. The summed E-state index contributed by atoms with van der Waals surface area (Å²) in [7, 11) is 0. The van der Waals surface area contributed by atoms with Gasteiger partial charge in [-0.2, -0.15) is 0 Å². The van der Waals surface area contributed by atoms with Crippen molar-refractivity contribution in [3.8, 4) is 0 Å². The lowest BCUT2D eigenvalue weighted by Crippen LogP contribution is -2.23. The maximum Gasteiger partial charge on any atom is 0.327 e. The summed E-state index contributed by atoms with van der Waals surface area (Å²) in [5.41, 5.74) is 2.31. The smallest absolute Gasteiger partial charge is 0.327 e. The molecule has 0 radical (unpaired) electrons. The first kappa shape index (κ1) is 13.4. The van der Waals surface area contributed by atoms with E-state index in [2.05, 4.69) is 10.1 Å². The van der Waals surface area contributed by atoms with Gasteiger partial charge in [0.2, 0.25) is 0 Å². The summed E-state index contributed by atoms with van der Waals surface area (Å²) >= 11 is 0. The Labute approximate surface area is 120 Å². The molecule has 1 aromatic carbocycles. The Kier molecular flexibility index (Phi) is 3.21. The van der Waals surface area contributed by atoms with E-state index < -0.39 is 5.97 Å². The average Bonchev–Trinajstić information content (AvgIpc) is 2.76. The maximum absolute atomic E-state index is 12.3. The van der Waals surface area contributed by atoms with Crippen molar-refractivity contribution in [3.05, 3.63) is 40.3 Å². The fourth-order valence-electron chi connectivity index (χ4n) is 2.37. The van der Waals surface area contributed by atoms with E-state index in [1.54, 1.807) is 6.92 Å². The summed E-state index contributed by atoms with van der Waals surface area (Å²) in [5.74, 6) is -0.445. The quantitative estimate of drug-likeness (QED) is 0.744. The zero-order valence-corrected chi connectivity index (χ0v) is 11.8. The van der Waals surface area contributed by atoms with Gasteiger partial charge in [0.05, 0.1) is 23.0 Å². The fourth-order valence-corrected chi connectivity index (χ4v) is 2.37. The Hall–Kier alpha value is -2.63. The predicted octanol–water partition coefficient (Wildman–Crippen LogP) is 1.75. The number of aryl methyl sites for hydroxylation is 1. The van der Waals surface area contributed by atoms with Crippen molar-refractivity contribution in [2.24, 2.45) is 0 Å². The number of ether oxygens (including phenoxy) is 1. The molecule has 0 aliphatic heterocycles. The molecule has 0 aliphatic rings. The maximum atomic E-state index is 12.3. The Bertz CT molecular complexity index is 892. The molecule has 0 fully saturated rings. The molecule has 0 saturated carbocycles. The standard InChI is InChI=1S/C15H15N3O3/c1-3-21-13(19)8-18-15(20)11-7-16-12-5-4-9(2)6-10(12)14(11)17-18/h4-7,17H,3,8H2,1-2H3. The molecule has 108 valence electrons. The van der Waals surface area contributed by atoms with Crippen LogP contribution in [0.2, 0.25) is 0 Å². The van der Waals surface area contributed by atoms with E-state index in [0.717, 1.165) is 16.5 Å². The van der Waals surface area contributed by atoms with Crippen molar-refractivity contribution >= 4 is 27.8 Å². The largest absolute Gasteiger partial charge is 0.465 e. The minimum absolute atomic E-state index is 0.130. The van der Waals surface area contributed by atoms with Crippen LogP contribution in [-0.2, 0) is 16.1 Å². The molecule has 0 bridgehead atoms. The summed E-state index contributed by atoms with van der Waals surface area (Å²) < 4.78 is 6.13. The highest BCUT2D eigenvalue weighted by atomic mass is 16.5. The van der Waals surface area contributed by atoms with Crippen molar-refractivity contribution in [1.29, 1.82) is 0 Å². The van der Waals surface area contributed by atoms with Gasteiger partial charge in [0.25, 0.3) is 5.56 Å². The molecule has 0 aliphatic carbocycles. The minimum Gasteiger partial charge on any atom is -0.465 e. The van der Waals surface area contributed by atoms with Crippen molar-refractivity contribution in [2.75, 3.05) is 6.61 Å². The van der Waals surface area contributed by atoms with Crippen molar-refractivity contribution < 1.29 is 9.53 Å². The second-order valence-corrected chi connectivity index (χ2v) is 4.88. The van der Waals surface area contributed by atoms with E-state index in [4.69, 9.17) is 4.74 Å². The van der Waals surface area contributed by atoms with Gasteiger partial charge < -0.3 is 4.74 Å². The van der Waals surface area contributed by atoms with Crippen LogP contribution in [0.25, 0.3) is 21.8 Å². The van der Waals surface area contributed by atoms with Gasteiger partial charge in [-0.1, -0.05) is 11.6 Å². The number of fused-ring (bicyclic) bond motifs is 3. The van der Waals surface area contributed by atoms with E-state index in [1.807, 2.05) is 25.1 Å². The SMILES string of the molecule is CCOC(=O)Cn1[nH]c2c(cnc3ccc(C)cc32)c1=O. The molecule has 3 rings (SSSR count). The number of aromatic nitrogens is 3. The highest BCUT2D eigenvalue weighted by Gasteiger charge is 2.13. The van der Waals surface area contributed by atoms with Crippen molar-refractivity contribution in [2.45, 2.75) is 20.4 Å². The number of hydrogen-bond acceptors (Lipinski definition) is 4. The van der Waals surface area contributed by atoms with Crippen LogP contribution in [0, 0.1) is 6.92 Å². The first-order valence-corrected chi connectivity index (χ1v) is 6.73. The lowest BCUT2D eigenvalue weighted by molar-refractivity contribution is -0.144. The Morgan fingerprint density at radius 1 is 1.38 bits per heavy atom. The summed E-state index contributed by atoms with van der Waals surface area (Å²) in [6, 6.07) is 5.84. The summed E-state index contributed by atoms with van der Waals surface area (Å²) in [6.07, 6.45) is 1.54. The number of pyridine rings is 1. The van der Waals surface area contributed by atoms with E-state index >= 15 is 0 Å². The van der Waals surface area contributed by atoms with Crippen LogP contribution in [0.4, 0.5) is 0 Å². The number of H-pyrrole nitrogens is 1. The van der Waals surface area contributed by atoms with Crippen LogP contribution in [0.1, 0.15) is 12.5 Å². The normalized spacial score (nSPS) is 11.1. The first-order chi connectivity index (χ1) is 10.1. The molecule has 1 N–H and O–H groups in total. The molecule has 0 unspecified atom stereocenters. The van der Waals surface area contributed by atoms with E-state index in [1.165, 1.54) is 10.9 Å². The zero-order chi connectivity index (χ0) is 15.0. The topological polar surface area (TPSA) is 77.0 Å². The third-order valence-corrected chi connectivity index (χ3v) is 3.34. The van der Waals surface area contributed by atoms with Gasteiger partial charge in [-0.25, -0.2) is 4.68 Å². The molecular formula is C15H15N3O3. The Morgan fingerprint density at radius 3 is 2.95 bits per heavy atom. The van der Waals surface area contributed by atoms with E-state index in [9.17, 15) is 9.59 Å². The number of aromatic amines is 1. The van der Waals surface area contributed by atoms with Gasteiger partial charge in [-0.05, 0) is 26.0 Å². The predicted molar refractivity (Wildman–Crippen MR) is 79.2 cm³/mol. The number of nitrogens with one attached hydrogen (secondary N) is 1. The second-order valence-electron chi connectivity index (χ2n) is 4.88. The van der Waals surface area contributed by atoms with Gasteiger partial charge in [0, 0.05) is 11.6 Å². The summed E-state index contributed by atoms with van der Waals surface area (Å²) in [6.45, 7) is 3.87. The second kappa shape index (κ2) is 5.05. The number of benzene rings is 1. The van der Waals surface area contributed by atoms with Crippen molar-refractivity contribution in [1.82, 2.24) is 14.8 Å². The molecule has 6 nitrogen and oxygen atoms in total. The summed E-state index contributed by atoms with van der Waals surface area (Å²) in [5, 5.41) is 4.32. The van der Waals surface area contributed by atoms with Crippen LogP contribution < -0.4 is 5.56 Å². The molecule has 0 saturated heterocycles. The third kappa shape index (κ3) is 2.29. The van der Waals surface area contributed by atoms with E-state index in [-0.39, 0.29) is 18.7 Å². The van der Waals surface area contributed by atoms with Gasteiger partial charge in [0.15, 0.2) is 0 Å². The molecule has 3 aromatic rings. The number of esters is 1. The van der Waals surface area contributed by atoms with Crippen LogP contribution in [0.3, 0.4) is 0 Å². The average molecular weight is 285 g/mol. The van der Waals surface area contributed by atoms with Crippen LogP contribution in [-0.4, -0.2) is 27.3 Å². The van der Waals surface area contributed by atoms with Crippen molar-refractivity contribution in [3.63, 3.8) is 0 Å². The molecule has 0 spiro atoms. The lowest BCUT2D eigenvalue weighted by atomic mass is 10.1. The fraction of sp³-hybridized carbons (Fsp3) is 0.267. The van der Waals surface area contributed by atoms with Gasteiger partial charge in [0.1, 0.15) is 6.54 Å². The molecule has 2 aromatic heterocycles. The Morgan fingerprint density at radius 2 is 2.19 bits per heavy atom. The number of hydrogen-bond donors (Lipinski definition) is 1. The molecular weight excluding hydrogens is 270 g/mol. The summed E-state index contributed by atoms with van der Waals surface area (Å²) in [4.78, 5) is 28.1. The number of nitrogens with zero attached hydrogens (tertiary/aromatic N) is 2. The van der Waals surface area contributed by atoms with Gasteiger partial charge in [-0.3, -0.25) is 19.7 Å². The molecule has 0 atom stereocenters. The molecule has 2 heterocycles. The van der Waals surface area contributed by atoms with Crippen LogP contribution in [0.5, 0.6) is 0 Å². The van der Waals surface area contributed by atoms with Crippen LogP contribution in [0.15, 0.2) is 29.2 Å². The number of rotatable bonds is 3. The minimum atomic E-state index is -0.445. The highest BCUT2D eigenvalue weighted by molar-refractivity contribution is 6.02. The first-order valence-electron chi connectivity index (χ1n) is 6.73. The van der Waals surface area contributed by atoms with Gasteiger partial charge in [-0.15, -0.1) is 0 Å². The third-order valence-electron chi connectivity index (χ3n) is 3.34. The number of carbonyl (C=O) groups is 1. The zero-order valence-electron chi connectivity index (χ0n) is 11.8. The van der Waals surface area contributed by atoms with E-state index in [0.29, 0.717) is 10.9 Å².